The van der Waals surface area contributed by atoms with E-state index in [0.29, 0.717) is 12.5 Å². The summed E-state index contributed by atoms with van der Waals surface area (Å²) < 4.78 is 13.6. The Bertz CT molecular complexity index is 801. The van der Waals surface area contributed by atoms with Gasteiger partial charge in [-0.05, 0) is 54.7 Å². The molecule has 0 spiro atoms. The van der Waals surface area contributed by atoms with Gasteiger partial charge in [0, 0.05) is 36.0 Å². The number of anilines is 1. The minimum absolute atomic E-state index is 0.124. The molecule has 2 aliphatic heterocycles. The van der Waals surface area contributed by atoms with Gasteiger partial charge in [0.1, 0.15) is 5.82 Å². The van der Waals surface area contributed by atoms with Gasteiger partial charge < -0.3 is 15.5 Å². The lowest BCUT2D eigenvalue weighted by Crippen LogP contribution is -2.41. The average Bonchev–Trinajstić information content (AvgIpc) is 3.17. The first-order valence-corrected chi connectivity index (χ1v) is 10.4. The van der Waals surface area contributed by atoms with Gasteiger partial charge >= 0.3 is 6.03 Å². The third-order valence-electron chi connectivity index (χ3n) is 5.28. The molecular formula is C21H24FN3OS. The highest BCUT2D eigenvalue weighted by Crippen LogP contribution is 2.36. The van der Waals surface area contributed by atoms with Crippen molar-refractivity contribution >= 4 is 23.5 Å². The number of hydrogen-bond acceptors (Lipinski definition) is 3. The van der Waals surface area contributed by atoms with Crippen molar-refractivity contribution in [2.24, 2.45) is 5.92 Å². The molecule has 2 atom stereocenters. The van der Waals surface area contributed by atoms with E-state index in [4.69, 9.17) is 0 Å². The summed E-state index contributed by atoms with van der Waals surface area (Å²) in [7, 11) is 0. The van der Waals surface area contributed by atoms with Crippen LogP contribution in [-0.2, 0) is 0 Å². The maximum Gasteiger partial charge on any atom is 0.315 e. The normalized spacial score (nSPS) is 21.6. The number of para-hydroxylation sites is 1. The van der Waals surface area contributed by atoms with Gasteiger partial charge in [-0.15, -0.1) is 11.8 Å². The Morgan fingerprint density at radius 1 is 1.19 bits per heavy atom. The third kappa shape index (κ3) is 4.38. The molecule has 4 rings (SSSR count). The van der Waals surface area contributed by atoms with E-state index in [0.717, 1.165) is 42.1 Å². The summed E-state index contributed by atoms with van der Waals surface area (Å²) in [6.07, 6.45) is 1.89. The van der Waals surface area contributed by atoms with Crippen LogP contribution >= 0.6 is 11.8 Å². The predicted molar refractivity (Wildman–Crippen MR) is 108 cm³/mol. The number of urea groups is 1. The van der Waals surface area contributed by atoms with E-state index in [1.54, 1.807) is 23.9 Å². The zero-order valence-electron chi connectivity index (χ0n) is 15.2. The highest BCUT2D eigenvalue weighted by atomic mass is 32.2. The lowest BCUT2D eigenvalue weighted by atomic mass is 10.0. The monoisotopic (exact) mass is 385 g/mol. The molecular weight excluding hydrogens is 361 g/mol. The van der Waals surface area contributed by atoms with Crippen LogP contribution < -0.4 is 15.5 Å². The minimum atomic E-state index is -0.254. The maximum atomic E-state index is 13.6. The fraction of sp³-hybridized carbons (Fsp3) is 0.381. The first kappa shape index (κ1) is 18.2. The first-order valence-electron chi connectivity index (χ1n) is 9.45. The van der Waals surface area contributed by atoms with Crippen molar-refractivity contribution in [1.29, 1.82) is 0 Å². The summed E-state index contributed by atoms with van der Waals surface area (Å²) in [4.78, 5) is 15.8. The maximum absolute atomic E-state index is 13.6. The van der Waals surface area contributed by atoms with Gasteiger partial charge in [-0.3, -0.25) is 0 Å². The number of nitrogens with zero attached hydrogens (tertiary/aromatic N) is 1. The zero-order valence-corrected chi connectivity index (χ0v) is 16.0. The van der Waals surface area contributed by atoms with E-state index < -0.39 is 0 Å². The highest BCUT2D eigenvalue weighted by Gasteiger charge is 2.25. The molecule has 2 heterocycles. The molecule has 0 bridgehead atoms. The number of nitrogens with one attached hydrogen (secondary N) is 2. The number of fused-ring (bicyclic) bond motifs is 1. The van der Waals surface area contributed by atoms with Crippen LogP contribution in [0.5, 0.6) is 0 Å². The fourth-order valence-corrected chi connectivity index (χ4v) is 4.94. The highest BCUT2D eigenvalue weighted by molar-refractivity contribution is 7.99. The number of halogens is 1. The standard InChI is InChI=1S/C21H24FN3OS/c22-16-6-7-20-18(12-16)19(9-11-27-20)24-21(26)23-13-15-8-10-25(14-15)17-4-2-1-3-5-17/h1-7,12,15,19H,8-11,13-14H2,(H2,23,24,26)/t15-,19+/m0/s1. The molecule has 6 heteroatoms. The van der Waals surface area contributed by atoms with E-state index in [1.807, 2.05) is 6.07 Å². The smallest absolute Gasteiger partial charge is 0.315 e. The molecule has 4 nitrogen and oxygen atoms in total. The van der Waals surface area contributed by atoms with Crippen LogP contribution in [0.4, 0.5) is 14.9 Å². The average molecular weight is 386 g/mol. The molecule has 27 heavy (non-hydrogen) atoms. The molecule has 1 saturated heterocycles. The van der Waals surface area contributed by atoms with Crippen LogP contribution in [0.15, 0.2) is 53.4 Å². The van der Waals surface area contributed by atoms with Gasteiger partial charge in [-0.2, -0.15) is 0 Å². The Morgan fingerprint density at radius 2 is 2.04 bits per heavy atom. The fourth-order valence-electron chi connectivity index (χ4n) is 3.83. The molecule has 2 amide bonds. The van der Waals surface area contributed by atoms with E-state index in [9.17, 15) is 9.18 Å². The van der Waals surface area contributed by atoms with Gasteiger partial charge in [-0.1, -0.05) is 18.2 Å². The molecule has 2 aromatic rings. The lowest BCUT2D eigenvalue weighted by molar-refractivity contribution is 0.235. The molecule has 0 radical (unpaired) electrons. The molecule has 0 unspecified atom stereocenters. The number of hydrogen-bond donors (Lipinski definition) is 2. The van der Waals surface area contributed by atoms with Crippen LogP contribution in [0.1, 0.15) is 24.4 Å². The Kier molecular flexibility index (Phi) is 5.53. The van der Waals surface area contributed by atoms with Crippen molar-refractivity contribution in [2.45, 2.75) is 23.8 Å². The number of carbonyl (C=O) groups excluding carboxylic acids is 1. The molecule has 0 aromatic heterocycles. The zero-order chi connectivity index (χ0) is 18.6. The second-order valence-corrected chi connectivity index (χ2v) is 8.30. The third-order valence-corrected chi connectivity index (χ3v) is 6.40. The predicted octanol–water partition coefficient (Wildman–Crippen LogP) is 4.19. The van der Waals surface area contributed by atoms with Crippen LogP contribution in [0, 0.1) is 11.7 Å². The lowest BCUT2D eigenvalue weighted by Gasteiger charge is -2.26. The SMILES string of the molecule is O=C(NC[C@@H]1CCN(c2ccccc2)C1)N[C@@H]1CCSc2ccc(F)cc21. The van der Waals surface area contributed by atoms with Crippen molar-refractivity contribution in [3.05, 3.63) is 59.9 Å². The Balaban J connectivity index is 1.28. The van der Waals surface area contributed by atoms with Crippen LogP contribution in [0.3, 0.4) is 0 Å². The van der Waals surface area contributed by atoms with E-state index in [-0.39, 0.29) is 17.9 Å². The van der Waals surface area contributed by atoms with E-state index in [1.165, 1.54) is 11.8 Å². The largest absolute Gasteiger partial charge is 0.371 e. The van der Waals surface area contributed by atoms with E-state index >= 15 is 0 Å². The van der Waals surface area contributed by atoms with Crippen molar-refractivity contribution < 1.29 is 9.18 Å². The number of amides is 2. The Labute approximate surface area is 163 Å². The quantitative estimate of drug-likeness (QED) is 0.830. The van der Waals surface area contributed by atoms with Crippen LogP contribution in [-0.4, -0.2) is 31.4 Å². The Morgan fingerprint density at radius 3 is 2.89 bits per heavy atom. The summed E-state index contributed by atoms with van der Waals surface area (Å²) in [5, 5.41) is 6.04. The molecule has 1 fully saturated rings. The molecule has 0 saturated carbocycles. The first-order chi connectivity index (χ1) is 13.2. The van der Waals surface area contributed by atoms with Gasteiger partial charge in [-0.25, -0.2) is 9.18 Å². The van der Waals surface area contributed by atoms with Crippen LogP contribution in [0.2, 0.25) is 0 Å². The molecule has 0 aliphatic carbocycles. The van der Waals surface area contributed by atoms with Gasteiger partial charge in [0.25, 0.3) is 0 Å². The molecule has 2 N–H and O–H groups in total. The summed E-state index contributed by atoms with van der Waals surface area (Å²) in [6.45, 7) is 2.63. The Hall–Kier alpha value is -2.21. The number of thioether (sulfide) groups is 1. The van der Waals surface area contributed by atoms with Crippen molar-refractivity contribution in [2.75, 3.05) is 30.3 Å². The minimum Gasteiger partial charge on any atom is -0.371 e. The van der Waals surface area contributed by atoms with Gasteiger partial charge in [0.05, 0.1) is 6.04 Å². The number of rotatable bonds is 4. The number of carbonyl (C=O) groups is 1. The van der Waals surface area contributed by atoms with E-state index in [2.05, 4.69) is 39.8 Å². The van der Waals surface area contributed by atoms with Crippen LogP contribution in [0.25, 0.3) is 0 Å². The van der Waals surface area contributed by atoms with Crippen molar-refractivity contribution in [1.82, 2.24) is 10.6 Å². The second-order valence-electron chi connectivity index (χ2n) is 7.16. The second kappa shape index (κ2) is 8.21. The van der Waals surface area contributed by atoms with Gasteiger partial charge in [0.15, 0.2) is 0 Å². The topological polar surface area (TPSA) is 44.4 Å². The van der Waals surface area contributed by atoms with Gasteiger partial charge in [0.2, 0.25) is 0 Å². The number of benzene rings is 2. The summed E-state index contributed by atoms with van der Waals surface area (Å²) >= 11 is 1.72. The summed E-state index contributed by atoms with van der Waals surface area (Å²) in [5.41, 5.74) is 2.13. The van der Waals surface area contributed by atoms with Crippen molar-refractivity contribution in [3.63, 3.8) is 0 Å². The molecule has 2 aromatic carbocycles. The molecule has 142 valence electrons. The summed E-state index contributed by atoms with van der Waals surface area (Å²) in [6, 6.07) is 14.9. The van der Waals surface area contributed by atoms with Crippen molar-refractivity contribution in [3.8, 4) is 0 Å². The summed E-state index contributed by atoms with van der Waals surface area (Å²) in [5.74, 6) is 1.12. The molecule has 2 aliphatic rings.